The van der Waals surface area contributed by atoms with Crippen molar-refractivity contribution in [3.63, 3.8) is 0 Å². The molecule has 1 aliphatic heterocycles. The predicted octanol–water partition coefficient (Wildman–Crippen LogP) is 0.411. The summed E-state index contributed by atoms with van der Waals surface area (Å²) in [7, 11) is 2.19. The molecule has 7 heteroatoms. The summed E-state index contributed by atoms with van der Waals surface area (Å²) in [6.07, 6.45) is 2.49. The molecular formula is C13H24N6S. The Morgan fingerprint density at radius 3 is 2.60 bits per heavy atom. The van der Waals surface area contributed by atoms with Gasteiger partial charge in [-0.15, -0.1) is 10.2 Å². The van der Waals surface area contributed by atoms with Gasteiger partial charge in [0.15, 0.2) is 5.16 Å². The lowest BCUT2D eigenvalue weighted by Crippen LogP contribution is -2.45. The molecule has 0 aromatic carbocycles. The molecule has 112 valence electrons. The van der Waals surface area contributed by atoms with Crippen LogP contribution in [-0.4, -0.2) is 70.1 Å². The zero-order chi connectivity index (χ0) is 13.9. The Hall–Kier alpha value is -0.630. The Labute approximate surface area is 124 Å². The van der Waals surface area contributed by atoms with Gasteiger partial charge < -0.3 is 15.2 Å². The summed E-state index contributed by atoms with van der Waals surface area (Å²) in [4.78, 5) is 4.93. The standard InChI is InChI=1S/C13H24N6S/c1-17-4-6-18(7-5-17)8-9-20-13-16-15-12(10-14)19(13)11-2-3-11/h11H,2-10,14H2,1H3. The van der Waals surface area contributed by atoms with Crippen LogP contribution >= 0.6 is 11.8 Å². The first-order valence-corrected chi connectivity index (χ1v) is 8.44. The highest BCUT2D eigenvalue weighted by Gasteiger charge is 2.29. The predicted molar refractivity (Wildman–Crippen MR) is 80.8 cm³/mol. The average molecular weight is 296 g/mol. The molecule has 3 rings (SSSR count). The number of piperazine rings is 1. The van der Waals surface area contributed by atoms with Gasteiger partial charge in [0.2, 0.25) is 0 Å². The lowest BCUT2D eigenvalue weighted by Gasteiger charge is -2.32. The zero-order valence-electron chi connectivity index (χ0n) is 12.2. The number of thioether (sulfide) groups is 1. The minimum absolute atomic E-state index is 0.489. The molecule has 2 N–H and O–H groups in total. The first-order chi connectivity index (χ1) is 9.78. The topological polar surface area (TPSA) is 63.2 Å². The van der Waals surface area contributed by atoms with Crippen LogP contribution in [0.25, 0.3) is 0 Å². The molecule has 0 amide bonds. The first kappa shape index (κ1) is 14.3. The summed E-state index contributed by atoms with van der Waals surface area (Å²) in [6.45, 7) is 6.35. The van der Waals surface area contributed by atoms with Crippen LogP contribution in [-0.2, 0) is 6.54 Å². The molecule has 0 atom stereocenters. The number of rotatable bonds is 6. The van der Waals surface area contributed by atoms with Gasteiger partial charge in [-0.3, -0.25) is 4.90 Å². The van der Waals surface area contributed by atoms with E-state index in [1.165, 1.54) is 39.0 Å². The number of nitrogens with zero attached hydrogens (tertiary/aromatic N) is 5. The SMILES string of the molecule is CN1CCN(CCSc2nnc(CN)n2C2CC2)CC1. The van der Waals surface area contributed by atoms with Gasteiger partial charge in [0.05, 0.1) is 6.54 Å². The maximum atomic E-state index is 5.74. The molecule has 1 saturated carbocycles. The summed E-state index contributed by atoms with van der Waals surface area (Å²) in [6, 6.07) is 0.606. The molecule has 0 bridgehead atoms. The van der Waals surface area contributed by atoms with Crippen LogP contribution in [0.5, 0.6) is 0 Å². The van der Waals surface area contributed by atoms with Crippen molar-refractivity contribution in [3.05, 3.63) is 5.82 Å². The Bertz CT molecular complexity index is 436. The van der Waals surface area contributed by atoms with Crippen molar-refractivity contribution in [2.24, 2.45) is 5.73 Å². The van der Waals surface area contributed by atoms with E-state index in [9.17, 15) is 0 Å². The van der Waals surface area contributed by atoms with Crippen molar-refractivity contribution in [1.29, 1.82) is 0 Å². The molecular weight excluding hydrogens is 272 g/mol. The fourth-order valence-corrected chi connectivity index (χ4v) is 3.61. The maximum Gasteiger partial charge on any atom is 0.191 e. The molecule has 1 saturated heterocycles. The normalized spacial score (nSPS) is 21.5. The molecule has 2 aliphatic rings. The summed E-state index contributed by atoms with van der Waals surface area (Å²) in [5.74, 6) is 2.02. The van der Waals surface area contributed by atoms with Crippen molar-refractivity contribution in [3.8, 4) is 0 Å². The fraction of sp³-hybridized carbons (Fsp3) is 0.846. The number of likely N-dealkylation sites (N-methyl/N-ethyl adjacent to an activating group) is 1. The molecule has 1 aromatic heterocycles. The largest absolute Gasteiger partial charge is 0.324 e. The zero-order valence-corrected chi connectivity index (χ0v) is 13.0. The van der Waals surface area contributed by atoms with Crippen LogP contribution in [0.4, 0.5) is 0 Å². The minimum Gasteiger partial charge on any atom is -0.324 e. The monoisotopic (exact) mass is 296 g/mol. The van der Waals surface area contributed by atoms with E-state index in [-0.39, 0.29) is 0 Å². The molecule has 0 radical (unpaired) electrons. The van der Waals surface area contributed by atoms with E-state index in [0.29, 0.717) is 12.6 Å². The molecule has 1 aromatic rings. The van der Waals surface area contributed by atoms with Crippen LogP contribution in [0, 0.1) is 0 Å². The summed E-state index contributed by atoms with van der Waals surface area (Å²) >= 11 is 1.82. The van der Waals surface area contributed by atoms with E-state index in [2.05, 4.69) is 31.6 Å². The molecule has 20 heavy (non-hydrogen) atoms. The molecule has 1 aliphatic carbocycles. The van der Waals surface area contributed by atoms with E-state index >= 15 is 0 Å². The van der Waals surface area contributed by atoms with Gasteiger partial charge in [-0.1, -0.05) is 11.8 Å². The van der Waals surface area contributed by atoms with Crippen molar-refractivity contribution < 1.29 is 0 Å². The van der Waals surface area contributed by atoms with Gasteiger partial charge in [-0.2, -0.15) is 0 Å². The second kappa shape index (κ2) is 6.43. The van der Waals surface area contributed by atoms with Gasteiger partial charge in [0.25, 0.3) is 0 Å². The number of hydrogen-bond donors (Lipinski definition) is 1. The minimum atomic E-state index is 0.489. The maximum absolute atomic E-state index is 5.74. The highest BCUT2D eigenvalue weighted by atomic mass is 32.2. The second-order valence-electron chi connectivity index (χ2n) is 5.70. The number of hydrogen-bond acceptors (Lipinski definition) is 6. The third-order valence-electron chi connectivity index (χ3n) is 4.06. The average Bonchev–Trinajstić information content (AvgIpc) is 3.22. The lowest BCUT2D eigenvalue weighted by molar-refractivity contribution is 0.161. The Morgan fingerprint density at radius 2 is 1.95 bits per heavy atom. The molecule has 0 spiro atoms. The van der Waals surface area contributed by atoms with Gasteiger partial charge in [-0.25, -0.2) is 0 Å². The fourth-order valence-electron chi connectivity index (χ4n) is 2.58. The molecule has 6 nitrogen and oxygen atoms in total. The van der Waals surface area contributed by atoms with Crippen molar-refractivity contribution >= 4 is 11.8 Å². The Balaban J connectivity index is 1.50. The van der Waals surface area contributed by atoms with Gasteiger partial charge >= 0.3 is 0 Å². The summed E-state index contributed by atoms with van der Waals surface area (Å²) < 4.78 is 2.26. The number of aromatic nitrogens is 3. The van der Waals surface area contributed by atoms with E-state index in [1.807, 2.05) is 11.8 Å². The molecule has 0 unspecified atom stereocenters. The Kier molecular flexibility index (Phi) is 4.60. The van der Waals surface area contributed by atoms with E-state index in [0.717, 1.165) is 23.3 Å². The first-order valence-electron chi connectivity index (χ1n) is 7.45. The highest BCUT2D eigenvalue weighted by Crippen LogP contribution is 2.38. The van der Waals surface area contributed by atoms with Crippen LogP contribution in [0.15, 0.2) is 5.16 Å². The van der Waals surface area contributed by atoms with Crippen LogP contribution < -0.4 is 5.73 Å². The molecule has 2 heterocycles. The molecule has 2 fully saturated rings. The Morgan fingerprint density at radius 1 is 1.20 bits per heavy atom. The summed E-state index contributed by atoms with van der Waals surface area (Å²) in [5.41, 5.74) is 5.74. The van der Waals surface area contributed by atoms with Crippen LogP contribution in [0.3, 0.4) is 0 Å². The summed E-state index contributed by atoms with van der Waals surface area (Å²) in [5, 5.41) is 9.59. The van der Waals surface area contributed by atoms with Crippen molar-refractivity contribution in [2.75, 3.05) is 45.5 Å². The van der Waals surface area contributed by atoms with Crippen molar-refractivity contribution in [1.82, 2.24) is 24.6 Å². The third-order valence-corrected chi connectivity index (χ3v) is 4.99. The van der Waals surface area contributed by atoms with E-state index < -0.39 is 0 Å². The highest BCUT2D eigenvalue weighted by molar-refractivity contribution is 7.99. The second-order valence-corrected chi connectivity index (χ2v) is 6.76. The van der Waals surface area contributed by atoms with Gasteiger partial charge in [0, 0.05) is 44.5 Å². The van der Waals surface area contributed by atoms with Crippen LogP contribution in [0.1, 0.15) is 24.7 Å². The van der Waals surface area contributed by atoms with E-state index in [4.69, 9.17) is 5.73 Å². The van der Waals surface area contributed by atoms with E-state index in [1.54, 1.807) is 0 Å². The number of nitrogens with two attached hydrogens (primary N) is 1. The van der Waals surface area contributed by atoms with Gasteiger partial charge in [-0.05, 0) is 19.9 Å². The quantitative estimate of drug-likeness (QED) is 0.767. The van der Waals surface area contributed by atoms with Gasteiger partial charge in [0.1, 0.15) is 5.82 Å². The van der Waals surface area contributed by atoms with Crippen molar-refractivity contribution in [2.45, 2.75) is 30.6 Å². The van der Waals surface area contributed by atoms with Crippen LogP contribution in [0.2, 0.25) is 0 Å². The lowest BCUT2D eigenvalue weighted by atomic mass is 10.3. The smallest absolute Gasteiger partial charge is 0.191 e. The third kappa shape index (κ3) is 3.33.